The summed E-state index contributed by atoms with van der Waals surface area (Å²) in [5, 5.41) is 12.6. The second-order valence-electron chi connectivity index (χ2n) is 7.86. The third kappa shape index (κ3) is 4.98. The molecule has 0 unspecified atom stereocenters. The number of halogens is 1. The number of nitrogens with zero attached hydrogens (tertiary/aromatic N) is 2. The van der Waals surface area contributed by atoms with Crippen LogP contribution in [0.2, 0.25) is 5.02 Å². The van der Waals surface area contributed by atoms with Gasteiger partial charge >= 0.3 is 5.97 Å². The number of carboxylic acids is 1. The van der Waals surface area contributed by atoms with Crippen molar-refractivity contribution in [2.24, 2.45) is 0 Å². The highest BCUT2D eigenvalue weighted by atomic mass is 35.5. The molecule has 2 N–H and O–H groups in total. The van der Waals surface area contributed by atoms with E-state index < -0.39 is 12.0 Å². The molecular formula is C25H24ClN3O3. The van der Waals surface area contributed by atoms with Crippen molar-refractivity contribution >= 4 is 29.3 Å². The standard InChI is InChI=1S/C25H24ClN3O3/c26-23-19(18-7-2-1-3-8-18)9-6-10-20(23)24(30)28-22-13-12-17(15-27-22)16-29-14-5-4-11-21(29)25(31)32/h1-3,6-10,12-13,15,21H,4-5,11,14,16H2,(H,31,32)(H,27,28,30)/t21-/m1/s1. The molecular weight excluding hydrogens is 426 g/mol. The van der Waals surface area contributed by atoms with Gasteiger partial charge in [-0.3, -0.25) is 14.5 Å². The minimum atomic E-state index is -0.781. The van der Waals surface area contributed by atoms with E-state index in [-0.39, 0.29) is 5.91 Å². The van der Waals surface area contributed by atoms with E-state index in [1.807, 2.05) is 47.4 Å². The van der Waals surface area contributed by atoms with Crippen LogP contribution in [-0.4, -0.2) is 39.5 Å². The van der Waals surface area contributed by atoms with Gasteiger partial charge in [-0.2, -0.15) is 0 Å². The number of carboxylic acid groups (broad SMARTS) is 1. The van der Waals surface area contributed by atoms with Crippen molar-refractivity contribution in [2.75, 3.05) is 11.9 Å². The van der Waals surface area contributed by atoms with Gasteiger partial charge in [-0.05, 0) is 42.6 Å². The number of nitrogens with one attached hydrogen (secondary N) is 1. The number of aromatic nitrogens is 1. The predicted octanol–water partition coefficient (Wildman–Crippen LogP) is 5.09. The van der Waals surface area contributed by atoms with Gasteiger partial charge in [0, 0.05) is 18.3 Å². The predicted molar refractivity (Wildman–Crippen MR) is 125 cm³/mol. The van der Waals surface area contributed by atoms with E-state index in [0.717, 1.165) is 36.1 Å². The van der Waals surface area contributed by atoms with Crippen molar-refractivity contribution < 1.29 is 14.7 Å². The molecule has 0 radical (unpaired) electrons. The third-order valence-corrected chi connectivity index (χ3v) is 6.09. The Labute approximate surface area is 191 Å². The van der Waals surface area contributed by atoms with E-state index >= 15 is 0 Å². The van der Waals surface area contributed by atoms with Crippen LogP contribution in [0.3, 0.4) is 0 Å². The fourth-order valence-corrected chi connectivity index (χ4v) is 4.34. The Morgan fingerprint density at radius 1 is 1.06 bits per heavy atom. The van der Waals surface area contributed by atoms with Crippen LogP contribution in [0.1, 0.15) is 35.2 Å². The maximum Gasteiger partial charge on any atom is 0.320 e. The molecule has 1 atom stereocenters. The van der Waals surface area contributed by atoms with Gasteiger partial charge in [-0.1, -0.05) is 66.6 Å². The van der Waals surface area contributed by atoms with Crippen molar-refractivity contribution in [3.05, 3.63) is 83.0 Å². The summed E-state index contributed by atoms with van der Waals surface area (Å²) in [6.45, 7) is 1.27. The molecule has 2 aromatic carbocycles. The van der Waals surface area contributed by atoms with Crippen LogP contribution in [0.15, 0.2) is 66.9 Å². The number of pyridine rings is 1. The summed E-state index contributed by atoms with van der Waals surface area (Å²) in [6, 6.07) is 18.2. The van der Waals surface area contributed by atoms with Crippen molar-refractivity contribution in [3.8, 4) is 11.1 Å². The van der Waals surface area contributed by atoms with E-state index in [9.17, 15) is 14.7 Å². The molecule has 6 nitrogen and oxygen atoms in total. The Morgan fingerprint density at radius 2 is 1.88 bits per heavy atom. The SMILES string of the molecule is O=C(Nc1ccc(CN2CCCC[C@@H]2C(=O)O)cn1)c1cccc(-c2ccccc2)c1Cl. The number of aliphatic carboxylic acids is 1. The van der Waals surface area contributed by atoms with E-state index in [1.165, 1.54) is 0 Å². The monoisotopic (exact) mass is 449 g/mol. The zero-order chi connectivity index (χ0) is 22.5. The second-order valence-corrected chi connectivity index (χ2v) is 8.24. The normalized spacial score (nSPS) is 16.5. The molecule has 32 heavy (non-hydrogen) atoms. The molecule has 1 aromatic heterocycles. The van der Waals surface area contributed by atoms with Gasteiger partial charge in [0.25, 0.3) is 5.91 Å². The number of rotatable bonds is 6. The molecule has 164 valence electrons. The number of hydrogen-bond acceptors (Lipinski definition) is 4. The lowest BCUT2D eigenvalue weighted by Crippen LogP contribution is -2.44. The van der Waals surface area contributed by atoms with Gasteiger partial charge in [0.05, 0.1) is 10.6 Å². The summed E-state index contributed by atoms with van der Waals surface area (Å²) in [5.74, 6) is -0.709. The lowest BCUT2D eigenvalue weighted by atomic mass is 10.0. The smallest absolute Gasteiger partial charge is 0.320 e. The highest BCUT2D eigenvalue weighted by Crippen LogP contribution is 2.31. The van der Waals surface area contributed by atoms with E-state index in [4.69, 9.17) is 11.6 Å². The Kier molecular flexibility index (Phi) is 6.83. The quantitative estimate of drug-likeness (QED) is 0.547. The minimum absolute atomic E-state index is 0.338. The first-order valence-corrected chi connectivity index (χ1v) is 11.0. The zero-order valence-corrected chi connectivity index (χ0v) is 18.3. The summed E-state index contributed by atoms with van der Waals surface area (Å²) in [6.07, 6.45) is 4.27. The fourth-order valence-electron chi connectivity index (χ4n) is 4.02. The summed E-state index contributed by atoms with van der Waals surface area (Å²) >= 11 is 6.54. The first-order chi connectivity index (χ1) is 15.5. The molecule has 0 saturated carbocycles. The average Bonchev–Trinajstić information content (AvgIpc) is 2.81. The van der Waals surface area contributed by atoms with Gasteiger partial charge in [-0.15, -0.1) is 0 Å². The molecule has 4 rings (SSSR count). The highest BCUT2D eigenvalue weighted by Gasteiger charge is 2.28. The van der Waals surface area contributed by atoms with Crippen molar-refractivity contribution in [2.45, 2.75) is 31.8 Å². The number of carbonyl (C=O) groups is 2. The molecule has 0 spiro atoms. The topological polar surface area (TPSA) is 82.5 Å². The van der Waals surface area contributed by atoms with Crippen LogP contribution < -0.4 is 5.32 Å². The number of likely N-dealkylation sites (tertiary alicyclic amines) is 1. The number of anilines is 1. The lowest BCUT2D eigenvalue weighted by molar-refractivity contribution is -0.144. The van der Waals surface area contributed by atoms with Crippen LogP contribution in [-0.2, 0) is 11.3 Å². The molecule has 1 aliphatic heterocycles. The van der Waals surface area contributed by atoms with Crippen molar-refractivity contribution in [1.82, 2.24) is 9.88 Å². The van der Waals surface area contributed by atoms with Crippen molar-refractivity contribution in [3.63, 3.8) is 0 Å². The maximum atomic E-state index is 12.8. The summed E-state index contributed by atoms with van der Waals surface area (Å²) in [4.78, 5) is 30.6. The maximum absolute atomic E-state index is 12.8. The number of amides is 1. The van der Waals surface area contributed by atoms with Crippen LogP contribution in [0, 0.1) is 0 Å². The van der Waals surface area contributed by atoms with Gasteiger partial charge < -0.3 is 10.4 Å². The number of carbonyl (C=O) groups excluding carboxylic acids is 1. The summed E-state index contributed by atoms with van der Waals surface area (Å²) in [7, 11) is 0. The average molecular weight is 450 g/mol. The Bertz CT molecular complexity index is 1100. The van der Waals surface area contributed by atoms with Gasteiger partial charge in [0.2, 0.25) is 0 Å². The fraction of sp³-hybridized carbons (Fsp3) is 0.240. The second kappa shape index (κ2) is 9.94. The van der Waals surface area contributed by atoms with E-state index in [1.54, 1.807) is 24.4 Å². The van der Waals surface area contributed by atoms with Gasteiger partial charge in [0.1, 0.15) is 11.9 Å². The zero-order valence-electron chi connectivity index (χ0n) is 17.5. The first kappa shape index (κ1) is 22.0. The summed E-state index contributed by atoms with van der Waals surface area (Å²) in [5.41, 5.74) is 3.00. The molecule has 1 fully saturated rings. The Balaban J connectivity index is 1.45. The number of benzene rings is 2. The lowest BCUT2D eigenvalue weighted by Gasteiger charge is -2.32. The molecule has 2 heterocycles. The number of hydrogen-bond donors (Lipinski definition) is 2. The third-order valence-electron chi connectivity index (χ3n) is 5.68. The van der Waals surface area contributed by atoms with Crippen LogP contribution in [0.5, 0.6) is 0 Å². The first-order valence-electron chi connectivity index (χ1n) is 10.6. The molecule has 1 aliphatic rings. The molecule has 1 amide bonds. The molecule has 0 bridgehead atoms. The molecule has 0 aliphatic carbocycles. The van der Waals surface area contributed by atoms with Crippen LogP contribution >= 0.6 is 11.6 Å². The van der Waals surface area contributed by atoms with Crippen LogP contribution in [0.4, 0.5) is 5.82 Å². The molecule has 3 aromatic rings. The Hall–Kier alpha value is -3.22. The van der Waals surface area contributed by atoms with Gasteiger partial charge in [-0.25, -0.2) is 4.98 Å². The van der Waals surface area contributed by atoms with Crippen molar-refractivity contribution in [1.29, 1.82) is 0 Å². The van der Waals surface area contributed by atoms with Gasteiger partial charge in [0.15, 0.2) is 0 Å². The summed E-state index contributed by atoms with van der Waals surface area (Å²) < 4.78 is 0. The van der Waals surface area contributed by atoms with E-state index in [2.05, 4.69) is 10.3 Å². The molecule has 1 saturated heterocycles. The van der Waals surface area contributed by atoms with E-state index in [0.29, 0.717) is 29.4 Å². The largest absolute Gasteiger partial charge is 0.480 e. The highest BCUT2D eigenvalue weighted by molar-refractivity contribution is 6.37. The molecule has 7 heteroatoms. The number of piperidine rings is 1. The Morgan fingerprint density at radius 3 is 2.59 bits per heavy atom. The minimum Gasteiger partial charge on any atom is -0.480 e. The van der Waals surface area contributed by atoms with Crippen LogP contribution in [0.25, 0.3) is 11.1 Å².